The van der Waals surface area contributed by atoms with Gasteiger partial charge in [0, 0.05) is 0 Å². The highest BCUT2D eigenvalue weighted by atomic mass is 19.1. The molecule has 0 fully saturated rings. The standard InChI is InChI=1S/C5H7FO3/c1-2-4(6)3-9-5(7)8/h3H,2H2,1H3,(H,7,8). The van der Waals surface area contributed by atoms with Crippen molar-refractivity contribution in [2.24, 2.45) is 0 Å². The molecule has 0 aliphatic heterocycles. The molecule has 0 aliphatic rings. The Morgan fingerprint density at radius 2 is 2.44 bits per heavy atom. The minimum atomic E-state index is -1.50. The van der Waals surface area contributed by atoms with E-state index in [0.29, 0.717) is 6.26 Å². The van der Waals surface area contributed by atoms with Gasteiger partial charge in [-0.3, -0.25) is 0 Å². The van der Waals surface area contributed by atoms with Crippen molar-refractivity contribution in [2.75, 3.05) is 0 Å². The average Bonchev–Trinajstić information content (AvgIpc) is 1.83. The van der Waals surface area contributed by atoms with Crippen LogP contribution in [0.1, 0.15) is 13.3 Å². The van der Waals surface area contributed by atoms with Gasteiger partial charge in [0.05, 0.1) is 0 Å². The second-order valence-corrected chi connectivity index (χ2v) is 1.30. The number of rotatable bonds is 2. The van der Waals surface area contributed by atoms with Gasteiger partial charge in [0.15, 0.2) is 0 Å². The molecule has 1 N–H and O–H groups in total. The van der Waals surface area contributed by atoms with E-state index < -0.39 is 12.0 Å². The first-order valence-electron chi connectivity index (χ1n) is 2.41. The minimum absolute atomic E-state index is 0.146. The zero-order valence-electron chi connectivity index (χ0n) is 4.93. The predicted octanol–water partition coefficient (Wildman–Crippen LogP) is 1.90. The molecule has 0 heterocycles. The third-order valence-electron chi connectivity index (χ3n) is 0.625. The Morgan fingerprint density at radius 1 is 1.89 bits per heavy atom. The Kier molecular flexibility index (Phi) is 3.43. The van der Waals surface area contributed by atoms with Crippen LogP contribution in [0.3, 0.4) is 0 Å². The molecular formula is C5H7FO3. The summed E-state index contributed by atoms with van der Waals surface area (Å²) in [5.74, 6) is -0.586. The lowest BCUT2D eigenvalue weighted by atomic mass is 10.4. The van der Waals surface area contributed by atoms with Crippen LogP contribution in [-0.4, -0.2) is 11.3 Å². The van der Waals surface area contributed by atoms with E-state index in [1.807, 2.05) is 0 Å². The highest BCUT2D eigenvalue weighted by Crippen LogP contribution is 2.00. The second-order valence-electron chi connectivity index (χ2n) is 1.30. The maximum absolute atomic E-state index is 12.0. The molecule has 0 rings (SSSR count). The lowest BCUT2D eigenvalue weighted by molar-refractivity contribution is 0.126. The smallest absolute Gasteiger partial charge is 0.449 e. The Bertz CT molecular complexity index is 130. The summed E-state index contributed by atoms with van der Waals surface area (Å²) in [5, 5.41) is 7.82. The quantitative estimate of drug-likeness (QED) is 0.463. The van der Waals surface area contributed by atoms with E-state index in [0.717, 1.165) is 0 Å². The van der Waals surface area contributed by atoms with Crippen molar-refractivity contribution < 1.29 is 19.0 Å². The van der Waals surface area contributed by atoms with Gasteiger partial charge in [-0.2, -0.15) is 0 Å². The Balaban J connectivity index is 3.56. The SMILES string of the molecule is CCC(F)=COC(=O)O. The van der Waals surface area contributed by atoms with E-state index in [9.17, 15) is 9.18 Å². The monoisotopic (exact) mass is 134 g/mol. The summed E-state index contributed by atoms with van der Waals surface area (Å²) >= 11 is 0. The largest absolute Gasteiger partial charge is 0.510 e. The molecule has 3 nitrogen and oxygen atoms in total. The van der Waals surface area contributed by atoms with Crippen LogP contribution >= 0.6 is 0 Å². The van der Waals surface area contributed by atoms with Crippen LogP contribution in [0, 0.1) is 0 Å². The summed E-state index contributed by atoms with van der Waals surface area (Å²) in [7, 11) is 0. The van der Waals surface area contributed by atoms with Gasteiger partial charge in [-0.25, -0.2) is 9.18 Å². The van der Waals surface area contributed by atoms with E-state index in [-0.39, 0.29) is 6.42 Å². The zero-order valence-corrected chi connectivity index (χ0v) is 4.93. The predicted molar refractivity (Wildman–Crippen MR) is 28.6 cm³/mol. The van der Waals surface area contributed by atoms with Crippen LogP contribution < -0.4 is 0 Å². The summed E-state index contributed by atoms with van der Waals surface area (Å²) < 4.78 is 15.7. The topological polar surface area (TPSA) is 46.5 Å². The number of halogens is 1. The molecule has 0 aromatic carbocycles. The van der Waals surface area contributed by atoms with Crippen molar-refractivity contribution in [3.8, 4) is 0 Å². The van der Waals surface area contributed by atoms with Crippen molar-refractivity contribution in [3.05, 3.63) is 12.1 Å². The van der Waals surface area contributed by atoms with Crippen molar-refractivity contribution in [1.82, 2.24) is 0 Å². The number of allylic oxidation sites excluding steroid dienone is 1. The van der Waals surface area contributed by atoms with Crippen LogP contribution in [-0.2, 0) is 4.74 Å². The summed E-state index contributed by atoms with van der Waals surface area (Å²) in [6.07, 6.45) is -0.783. The van der Waals surface area contributed by atoms with Gasteiger partial charge >= 0.3 is 6.16 Å². The normalized spacial score (nSPS) is 11.1. The van der Waals surface area contributed by atoms with Gasteiger partial charge in [0.25, 0.3) is 0 Å². The molecule has 0 atom stereocenters. The van der Waals surface area contributed by atoms with Crippen LogP contribution in [0.25, 0.3) is 0 Å². The summed E-state index contributed by atoms with van der Waals surface area (Å²) in [6, 6.07) is 0. The summed E-state index contributed by atoms with van der Waals surface area (Å²) in [5.41, 5.74) is 0. The lowest BCUT2D eigenvalue weighted by Gasteiger charge is -1.89. The highest BCUT2D eigenvalue weighted by molar-refractivity contribution is 5.57. The molecule has 4 heteroatoms. The molecule has 0 aromatic rings. The molecule has 9 heavy (non-hydrogen) atoms. The number of hydrogen-bond acceptors (Lipinski definition) is 2. The fourth-order valence-corrected chi connectivity index (χ4v) is 0.198. The third-order valence-corrected chi connectivity index (χ3v) is 0.625. The van der Waals surface area contributed by atoms with Crippen LogP contribution in [0.5, 0.6) is 0 Å². The van der Waals surface area contributed by atoms with Gasteiger partial charge in [-0.05, 0) is 6.42 Å². The van der Waals surface area contributed by atoms with Crippen LogP contribution in [0.4, 0.5) is 9.18 Å². The maximum Gasteiger partial charge on any atom is 0.510 e. The van der Waals surface area contributed by atoms with Crippen molar-refractivity contribution in [2.45, 2.75) is 13.3 Å². The molecule has 0 aromatic heterocycles. The first kappa shape index (κ1) is 7.94. The zero-order chi connectivity index (χ0) is 7.28. The van der Waals surface area contributed by atoms with E-state index in [1.165, 1.54) is 0 Å². The molecule has 0 spiro atoms. The molecule has 0 radical (unpaired) electrons. The Labute approximate surface area is 51.7 Å². The molecule has 0 aliphatic carbocycles. The number of hydrogen-bond donors (Lipinski definition) is 1. The molecule has 52 valence electrons. The fourth-order valence-electron chi connectivity index (χ4n) is 0.198. The van der Waals surface area contributed by atoms with Gasteiger partial charge in [0.2, 0.25) is 0 Å². The Hall–Kier alpha value is -1.06. The van der Waals surface area contributed by atoms with E-state index >= 15 is 0 Å². The maximum atomic E-state index is 12.0. The number of carboxylic acid groups (broad SMARTS) is 1. The minimum Gasteiger partial charge on any atom is -0.449 e. The molecule has 0 amide bonds. The molecule has 0 saturated carbocycles. The van der Waals surface area contributed by atoms with Crippen LogP contribution in [0.2, 0.25) is 0 Å². The van der Waals surface area contributed by atoms with E-state index in [1.54, 1.807) is 6.92 Å². The lowest BCUT2D eigenvalue weighted by Crippen LogP contribution is -1.92. The number of ether oxygens (including phenoxy) is 1. The number of carbonyl (C=O) groups is 1. The molecule has 0 unspecified atom stereocenters. The van der Waals surface area contributed by atoms with E-state index in [4.69, 9.17) is 5.11 Å². The van der Waals surface area contributed by atoms with Gasteiger partial charge in [0.1, 0.15) is 12.1 Å². The van der Waals surface area contributed by atoms with Crippen LogP contribution in [0.15, 0.2) is 12.1 Å². The van der Waals surface area contributed by atoms with E-state index in [2.05, 4.69) is 4.74 Å². The first-order chi connectivity index (χ1) is 4.16. The van der Waals surface area contributed by atoms with Gasteiger partial charge < -0.3 is 9.84 Å². The fraction of sp³-hybridized carbons (Fsp3) is 0.400. The van der Waals surface area contributed by atoms with Crippen molar-refractivity contribution >= 4 is 6.16 Å². The summed E-state index contributed by atoms with van der Waals surface area (Å²) in [4.78, 5) is 9.59. The Morgan fingerprint density at radius 3 is 2.78 bits per heavy atom. The summed E-state index contributed by atoms with van der Waals surface area (Å²) in [6.45, 7) is 1.55. The molecular weight excluding hydrogens is 127 g/mol. The third kappa shape index (κ3) is 4.80. The average molecular weight is 134 g/mol. The van der Waals surface area contributed by atoms with Crippen molar-refractivity contribution in [1.29, 1.82) is 0 Å². The second kappa shape index (κ2) is 3.88. The molecule has 0 bridgehead atoms. The highest BCUT2D eigenvalue weighted by Gasteiger charge is 1.93. The first-order valence-corrected chi connectivity index (χ1v) is 2.41. The van der Waals surface area contributed by atoms with Gasteiger partial charge in [-0.15, -0.1) is 0 Å². The molecule has 0 saturated heterocycles. The van der Waals surface area contributed by atoms with Crippen molar-refractivity contribution in [3.63, 3.8) is 0 Å². The van der Waals surface area contributed by atoms with Gasteiger partial charge in [-0.1, -0.05) is 6.92 Å².